The number of hydrogen-bond donors (Lipinski definition) is 1. The van der Waals surface area contributed by atoms with Gasteiger partial charge in [0.05, 0.1) is 10.3 Å². The van der Waals surface area contributed by atoms with Crippen LogP contribution in [0.5, 0.6) is 0 Å². The maximum Gasteiger partial charge on any atom is 0.235 e. The Kier molecular flexibility index (Phi) is 5.67. The minimum Gasteiger partial charge on any atom is -0.342 e. The number of nitrogens with zero attached hydrogens (tertiary/aromatic N) is 3. The molecular weight excluding hydrogens is 403 g/mol. The largest absolute Gasteiger partial charge is 0.342 e. The maximum absolute atomic E-state index is 12.8. The van der Waals surface area contributed by atoms with Gasteiger partial charge in [0.1, 0.15) is 5.82 Å². The lowest BCUT2D eigenvalue weighted by Crippen LogP contribution is -2.41. The lowest BCUT2D eigenvalue weighted by molar-refractivity contribution is -0.131. The third-order valence-electron chi connectivity index (χ3n) is 5.20. The fourth-order valence-electron chi connectivity index (χ4n) is 3.43. The van der Waals surface area contributed by atoms with E-state index in [1.54, 1.807) is 12.1 Å². The Labute approximate surface area is 173 Å². The van der Waals surface area contributed by atoms with Crippen molar-refractivity contribution in [1.29, 1.82) is 0 Å². The highest BCUT2D eigenvalue weighted by molar-refractivity contribution is 8.00. The van der Waals surface area contributed by atoms with Gasteiger partial charge in [0, 0.05) is 34.8 Å². The van der Waals surface area contributed by atoms with Crippen molar-refractivity contribution in [1.82, 2.24) is 20.1 Å². The molecule has 4 rings (SSSR count). The molecule has 0 radical (unpaired) electrons. The molecule has 1 aliphatic carbocycles. The zero-order chi connectivity index (χ0) is 19.0. The molecule has 0 bridgehead atoms. The van der Waals surface area contributed by atoms with Crippen molar-refractivity contribution < 1.29 is 4.79 Å². The number of likely N-dealkylation sites (tertiary alicyclic amines) is 1. The molecule has 1 amide bonds. The summed E-state index contributed by atoms with van der Waals surface area (Å²) in [7, 11) is 0. The average molecular weight is 425 g/mol. The van der Waals surface area contributed by atoms with Crippen LogP contribution >= 0.6 is 35.0 Å². The molecule has 1 saturated carbocycles. The zero-order valence-corrected chi connectivity index (χ0v) is 17.4. The number of benzene rings is 1. The molecule has 2 fully saturated rings. The van der Waals surface area contributed by atoms with Gasteiger partial charge in [0.2, 0.25) is 5.91 Å². The van der Waals surface area contributed by atoms with Gasteiger partial charge in [-0.25, -0.2) is 4.98 Å². The standard InChI is InChI=1S/C19H22Cl2N4OS/c1-11(27-16-10-14(20)4-5-15(16)21)19(26)25-8-6-13(7-9-25)18-22-17(23-24-18)12-2-3-12/h4-5,10-13H,2-3,6-9H2,1H3,(H,22,23,24). The average Bonchev–Trinajstić information content (AvgIpc) is 3.41. The maximum atomic E-state index is 12.8. The summed E-state index contributed by atoms with van der Waals surface area (Å²) in [5, 5.41) is 8.51. The van der Waals surface area contributed by atoms with Crippen LogP contribution in [0.4, 0.5) is 0 Å². The number of amides is 1. The first-order valence-electron chi connectivity index (χ1n) is 9.34. The molecule has 2 aliphatic rings. The van der Waals surface area contributed by atoms with Crippen LogP contribution < -0.4 is 0 Å². The summed E-state index contributed by atoms with van der Waals surface area (Å²) in [6.07, 6.45) is 4.24. The number of aromatic nitrogens is 3. The number of hydrogen-bond acceptors (Lipinski definition) is 4. The lowest BCUT2D eigenvalue weighted by atomic mass is 9.96. The monoisotopic (exact) mass is 424 g/mol. The number of aromatic amines is 1. The fourth-order valence-corrected chi connectivity index (χ4v) is 4.93. The number of nitrogens with one attached hydrogen (secondary N) is 1. The molecule has 1 atom stereocenters. The van der Waals surface area contributed by atoms with Crippen molar-refractivity contribution >= 4 is 40.9 Å². The van der Waals surface area contributed by atoms with Gasteiger partial charge in [-0.05, 0) is 50.8 Å². The second-order valence-corrected chi connectivity index (χ2v) is 9.51. The predicted octanol–water partition coefficient (Wildman–Crippen LogP) is 4.88. The zero-order valence-electron chi connectivity index (χ0n) is 15.1. The van der Waals surface area contributed by atoms with Crippen LogP contribution in [0.15, 0.2) is 23.1 Å². The van der Waals surface area contributed by atoms with E-state index < -0.39 is 0 Å². The molecule has 8 heteroatoms. The van der Waals surface area contributed by atoms with Gasteiger partial charge in [0.15, 0.2) is 5.82 Å². The van der Waals surface area contributed by atoms with E-state index in [-0.39, 0.29) is 11.2 Å². The van der Waals surface area contributed by atoms with Gasteiger partial charge in [-0.2, -0.15) is 5.10 Å². The third-order valence-corrected chi connectivity index (χ3v) is 7.02. The molecule has 1 unspecified atom stereocenters. The summed E-state index contributed by atoms with van der Waals surface area (Å²) in [5.41, 5.74) is 0. The molecule has 1 aliphatic heterocycles. The van der Waals surface area contributed by atoms with E-state index in [2.05, 4.69) is 15.2 Å². The molecule has 144 valence electrons. The van der Waals surface area contributed by atoms with E-state index in [0.29, 0.717) is 21.9 Å². The van der Waals surface area contributed by atoms with E-state index in [0.717, 1.165) is 42.5 Å². The van der Waals surface area contributed by atoms with Gasteiger partial charge >= 0.3 is 0 Å². The van der Waals surface area contributed by atoms with Crippen molar-refractivity contribution in [2.24, 2.45) is 0 Å². The molecule has 5 nitrogen and oxygen atoms in total. The Morgan fingerprint density at radius 2 is 1.96 bits per heavy atom. The third kappa shape index (κ3) is 4.44. The molecule has 1 aromatic carbocycles. The van der Waals surface area contributed by atoms with Crippen LogP contribution in [0.25, 0.3) is 0 Å². The second-order valence-electron chi connectivity index (χ2n) is 7.29. The predicted molar refractivity (Wildman–Crippen MR) is 109 cm³/mol. The van der Waals surface area contributed by atoms with Crippen molar-refractivity contribution in [3.05, 3.63) is 39.9 Å². The van der Waals surface area contributed by atoms with Crippen LogP contribution in [0, 0.1) is 0 Å². The van der Waals surface area contributed by atoms with E-state index in [4.69, 9.17) is 23.2 Å². The van der Waals surface area contributed by atoms with Crippen molar-refractivity contribution in [2.45, 2.75) is 54.6 Å². The molecular formula is C19H22Cl2N4OS. The Morgan fingerprint density at radius 1 is 1.22 bits per heavy atom. The minimum absolute atomic E-state index is 0.144. The molecule has 1 saturated heterocycles. The highest BCUT2D eigenvalue weighted by Gasteiger charge is 2.31. The highest BCUT2D eigenvalue weighted by Crippen LogP contribution is 2.39. The number of halogens is 2. The van der Waals surface area contributed by atoms with E-state index >= 15 is 0 Å². The summed E-state index contributed by atoms with van der Waals surface area (Å²) in [5.74, 6) is 3.02. The van der Waals surface area contributed by atoms with Crippen LogP contribution in [-0.4, -0.2) is 44.3 Å². The van der Waals surface area contributed by atoms with Gasteiger partial charge in [0.25, 0.3) is 0 Å². The molecule has 27 heavy (non-hydrogen) atoms. The number of H-pyrrole nitrogens is 1. The van der Waals surface area contributed by atoms with Crippen LogP contribution in [0.3, 0.4) is 0 Å². The Morgan fingerprint density at radius 3 is 2.67 bits per heavy atom. The number of rotatable bonds is 5. The quantitative estimate of drug-likeness (QED) is 0.694. The van der Waals surface area contributed by atoms with Crippen molar-refractivity contribution in [3.63, 3.8) is 0 Å². The van der Waals surface area contributed by atoms with Crippen molar-refractivity contribution in [3.8, 4) is 0 Å². The number of carbonyl (C=O) groups is 1. The Balaban J connectivity index is 1.32. The van der Waals surface area contributed by atoms with Gasteiger partial charge in [-0.15, -0.1) is 11.8 Å². The number of piperidine rings is 1. The summed E-state index contributed by atoms with van der Waals surface area (Å²) >= 11 is 13.7. The van der Waals surface area contributed by atoms with E-state index in [9.17, 15) is 4.79 Å². The molecule has 2 aromatic rings. The smallest absolute Gasteiger partial charge is 0.235 e. The number of thioether (sulfide) groups is 1. The minimum atomic E-state index is -0.204. The van der Waals surface area contributed by atoms with Gasteiger partial charge in [-0.1, -0.05) is 23.2 Å². The molecule has 0 spiro atoms. The Hall–Kier alpha value is -1.24. The van der Waals surface area contributed by atoms with E-state index in [1.165, 1.54) is 24.6 Å². The van der Waals surface area contributed by atoms with Gasteiger partial charge in [-0.3, -0.25) is 9.89 Å². The first-order valence-corrected chi connectivity index (χ1v) is 11.0. The molecule has 2 heterocycles. The normalized spacial score (nSPS) is 19.3. The lowest BCUT2D eigenvalue weighted by Gasteiger charge is -2.32. The van der Waals surface area contributed by atoms with Crippen LogP contribution in [0.1, 0.15) is 56.1 Å². The first kappa shape index (κ1) is 19.1. The summed E-state index contributed by atoms with van der Waals surface area (Å²) < 4.78 is 0. The summed E-state index contributed by atoms with van der Waals surface area (Å²) in [6, 6.07) is 5.33. The van der Waals surface area contributed by atoms with Crippen molar-refractivity contribution in [2.75, 3.05) is 13.1 Å². The van der Waals surface area contributed by atoms with Gasteiger partial charge < -0.3 is 4.90 Å². The SMILES string of the molecule is CC(Sc1cc(Cl)ccc1Cl)C(=O)N1CCC(c2nc(C3CC3)n[nH]2)CC1. The summed E-state index contributed by atoms with van der Waals surface area (Å²) in [6.45, 7) is 3.42. The van der Waals surface area contributed by atoms with E-state index in [1.807, 2.05) is 17.9 Å². The summed E-state index contributed by atoms with van der Waals surface area (Å²) in [4.78, 5) is 20.3. The van der Waals surface area contributed by atoms with Crippen LogP contribution in [0.2, 0.25) is 10.0 Å². The number of carbonyl (C=O) groups excluding carboxylic acids is 1. The Bertz CT molecular complexity index is 831. The van der Waals surface area contributed by atoms with Crippen LogP contribution in [-0.2, 0) is 4.79 Å². The highest BCUT2D eigenvalue weighted by atomic mass is 35.5. The second kappa shape index (κ2) is 8.02. The first-order chi connectivity index (χ1) is 13.0. The topological polar surface area (TPSA) is 61.9 Å². The fraction of sp³-hybridized carbons (Fsp3) is 0.526. The molecule has 1 N–H and O–H groups in total. The molecule has 1 aromatic heterocycles.